The Hall–Kier alpha value is -0.770. The number of carbonyl (C=O) groups excluding carboxylic acids is 1. The smallest absolute Gasteiger partial charge is 0.287 e. The topological polar surface area (TPSA) is 42.2 Å². The summed E-state index contributed by atoms with van der Waals surface area (Å²) in [7, 11) is 0. The van der Waals surface area contributed by atoms with E-state index in [1.54, 1.807) is 12.1 Å². The van der Waals surface area contributed by atoms with Gasteiger partial charge in [0.25, 0.3) is 5.91 Å². The normalized spacial score (nSPS) is 35.6. The van der Waals surface area contributed by atoms with Crippen LogP contribution in [-0.2, 0) is 0 Å². The highest BCUT2D eigenvalue weighted by atomic mass is 79.9. The average molecular weight is 326 g/mol. The Morgan fingerprint density at radius 2 is 2.16 bits per heavy atom. The Kier molecular flexibility index (Phi) is 2.86. The lowest BCUT2D eigenvalue weighted by Crippen LogP contribution is -2.46. The monoisotopic (exact) mass is 325 g/mol. The van der Waals surface area contributed by atoms with Crippen molar-refractivity contribution in [1.82, 2.24) is 5.32 Å². The van der Waals surface area contributed by atoms with Crippen LogP contribution in [0.25, 0.3) is 0 Å². The molecule has 0 saturated heterocycles. The quantitative estimate of drug-likeness (QED) is 0.893. The summed E-state index contributed by atoms with van der Waals surface area (Å²) < 4.78 is 5.92. The highest BCUT2D eigenvalue weighted by molar-refractivity contribution is 9.10. The average Bonchev–Trinajstić information content (AvgIpc) is 2.91. The Morgan fingerprint density at radius 1 is 1.42 bits per heavy atom. The zero-order valence-electron chi connectivity index (χ0n) is 11.6. The summed E-state index contributed by atoms with van der Waals surface area (Å²) >= 11 is 3.23. The van der Waals surface area contributed by atoms with Gasteiger partial charge in [-0.1, -0.05) is 20.8 Å². The van der Waals surface area contributed by atoms with E-state index in [4.69, 9.17) is 4.42 Å². The summed E-state index contributed by atoms with van der Waals surface area (Å²) in [4.78, 5) is 12.2. The standard InChI is InChI=1S/C15H20BrNO2/c1-14(2)9-6-7-15(14,3)11(8-9)17-13(18)10-4-5-12(16)19-10/h4-5,9,11H,6-8H2,1-3H3,(H,17,18)/t9-,11+,15-/m0/s1. The van der Waals surface area contributed by atoms with E-state index >= 15 is 0 Å². The fourth-order valence-corrected chi connectivity index (χ4v) is 4.39. The van der Waals surface area contributed by atoms with Gasteiger partial charge in [-0.3, -0.25) is 4.79 Å². The van der Waals surface area contributed by atoms with Gasteiger partial charge in [0.1, 0.15) is 0 Å². The fraction of sp³-hybridized carbons (Fsp3) is 0.667. The third-order valence-electron chi connectivity index (χ3n) is 5.90. The molecule has 1 N–H and O–H groups in total. The van der Waals surface area contributed by atoms with Crippen molar-refractivity contribution in [2.24, 2.45) is 16.7 Å². The van der Waals surface area contributed by atoms with E-state index in [2.05, 4.69) is 42.0 Å². The van der Waals surface area contributed by atoms with Crippen LogP contribution in [-0.4, -0.2) is 11.9 Å². The van der Waals surface area contributed by atoms with Gasteiger partial charge in [0, 0.05) is 6.04 Å². The zero-order valence-corrected chi connectivity index (χ0v) is 13.2. The van der Waals surface area contributed by atoms with Crippen LogP contribution in [0.4, 0.5) is 0 Å². The molecule has 1 aromatic heterocycles. The lowest BCUT2D eigenvalue weighted by atomic mass is 9.69. The number of amides is 1. The molecule has 19 heavy (non-hydrogen) atoms. The molecule has 2 fully saturated rings. The van der Waals surface area contributed by atoms with Gasteiger partial charge in [-0.25, -0.2) is 0 Å². The van der Waals surface area contributed by atoms with E-state index in [0.717, 1.165) is 12.3 Å². The summed E-state index contributed by atoms with van der Waals surface area (Å²) in [5.74, 6) is 1.02. The van der Waals surface area contributed by atoms with Crippen molar-refractivity contribution in [2.45, 2.75) is 46.1 Å². The summed E-state index contributed by atoms with van der Waals surface area (Å²) in [6.45, 7) is 7.02. The second kappa shape index (κ2) is 4.11. The van der Waals surface area contributed by atoms with Crippen molar-refractivity contribution in [3.63, 3.8) is 0 Å². The van der Waals surface area contributed by atoms with Crippen molar-refractivity contribution < 1.29 is 9.21 Å². The van der Waals surface area contributed by atoms with Gasteiger partial charge in [-0.15, -0.1) is 0 Å². The minimum atomic E-state index is -0.0970. The molecular weight excluding hydrogens is 306 g/mol. The number of rotatable bonds is 2. The van der Waals surface area contributed by atoms with Crippen molar-refractivity contribution in [2.75, 3.05) is 0 Å². The second-order valence-corrected chi connectivity index (χ2v) is 7.52. The van der Waals surface area contributed by atoms with Crippen LogP contribution < -0.4 is 5.32 Å². The maximum atomic E-state index is 12.2. The van der Waals surface area contributed by atoms with Crippen LogP contribution in [0.2, 0.25) is 0 Å². The molecule has 3 atom stereocenters. The van der Waals surface area contributed by atoms with Crippen molar-refractivity contribution >= 4 is 21.8 Å². The fourth-order valence-electron chi connectivity index (χ4n) is 4.09. The maximum Gasteiger partial charge on any atom is 0.287 e. The predicted octanol–water partition coefficient (Wildman–Crippen LogP) is 3.99. The molecule has 0 unspecified atom stereocenters. The number of nitrogens with one attached hydrogen (secondary N) is 1. The first-order valence-electron chi connectivity index (χ1n) is 6.91. The molecule has 2 aliphatic rings. The number of hydrogen-bond acceptors (Lipinski definition) is 2. The molecule has 1 amide bonds. The van der Waals surface area contributed by atoms with E-state index in [-0.39, 0.29) is 17.4 Å². The van der Waals surface area contributed by atoms with Crippen molar-refractivity contribution in [3.05, 3.63) is 22.6 Å². The van der Waals surface area contributed by atoms with Gasteiger partial charge in [-0.05, 0) is 64.1 Å². The van der Waals surface area contributed by atoms with E-state index in [1.165, 1.54) is 12.8 Å². The molecule has 4 heteroatoms. The molecule has 104 valence electrons. The molecule has 1 heterocycles. The Labute approximate surface area is 122 Å². The summed E-state index contributed by atoms with van der Waals surface area (Å²) in [6, 6.07) is 3.72. The zero-order chi connectivity index (χ0) is 13.8. The SMILES string of the molecule is CC1(C)[C@H]2CC[C@@]1(C)[C@H](NC(=O)c1ccc(Br)o1)C2. The number of halogens is 1. The lowest BCUT2D eigenvalue weighted by molar-refractivity contribution is 0.0800. The molecule has 0 aliphatic heterocycles. The van der Waals surface area contributed by atoms with Crippen LogP contribution in [0.5, 0.6) is 0 Å². The predicted molar refractivity (Wildman–Crippen MR) is 76.9 cm³/mol. The highest BCUT2D eigenvalue weighted by Gasteiger charge is 2.61. The summed E-state index contributed by atoms with van der Waals surface area (Å²) in [5, 5.41) is 3.18. The highest BCUT2D eigenvalue weighted by Crippen LogP contribution is 2.65. The second-order valence-electron chi connectivity index (χ2n) is 6.74. The molecule has 0 radical (unpaired) electrons. The molecule has 2 saturated carbocycles. The maximum absolute atomic E-state index is 12.2. The van der Waals surface area contributed by atoms with Gasteiger partial charge >= 0.3 is 0 Å². The Balaban J connectivity index is 1.77. The number of fused-ring (bicyclic) bond motifs is 2. The molecule has 3 nitrogen and oxygen atoms in total. The van der Waals surface area contributed by atoms with Crippen LogP contribution >= 0.6 is 15.9 Å². The van der Waals surface area contributed by atoms with E-state index in [0.29, 0.717) is 15.8 Å². The largest absolute Gasteiger partial charge is 0.444 e. The van der Waals surface area contributed by atoms with Gasteiger partial charge in [-0.2, -0.15) is 0 Å². The third-order valence-corrected chi connectivity index (χ3v) is 6.32. The molecule has 2 bridgehead atoms. The Bertz CT molecular complexity index is 522. The lowest BCUT2D eigenvalue weighted by Gasteiger charge is -2.39. The number of carbonyl (C=O) groups is 1. The molecule has 0 spiro atoms. The van der Waals surface area contributed by atoms with Gasteiger partial charge in [0.05, 0.1) is 0 Å². The first kappa shape index (κ1) is 13.2. The summed E-state index contributed by atoms with van der Waals surface area (Å²) in [6.07, 6.45) is 3.59. The number of hydrogen-bond donors (Lipinski definition) is 1. The van der Waals surface area contributed by atoms with E-state index in [1.807, 2.05) is 0 Å². The first-order chi connectivity index (χ1) is 8.84. The van der Waals surface area contributed by atoms with Crippen LogP contribution in [0, 0.1) is 16.7 Å². The molecule has 1 aromatic rings. The first-order valence-corrected chi connectivity index (χ1v) is 7.70. The minimum Gasteiger partial charge on any atom is -0.444 e. The number of furan rings is 1. The van der Waals surface area contributed by atoms with Gasteiger partial charge in [0.2, 0.25) is 0 Å². The molecular formula is C15H20BrNO2. The van der Waals surface area contributed by atoms with Crippen molar-refractivity contribution in [1.29, 1.82) is 0 Å². The Morgan fingerprint density at radius 3 is 2.63 bits per heavy atom. The summed E-state index contributed by atoms with van der Waals surface area (Å²) in [5.41, 5.74) is 0.520. The third kappa shape index (κ3) is 1.79. The minimum absolute atomic E-state index is 0.0970. The van der Waals surface area contributed by atoms with E-state index in [9.17, 15) is 4.79 Å². The molecule has 0 aromatic carbocycles. The van der Waals surface area contributed by atoms with Crippen LogP contribution in [0.1, 0.15) is 50.6 Å². The van der Waals surface area contributed by atoms with E-state index < -0.39 is 0 Å². The van der Waals surface area contributed by atoms with Crippen molar-refractivity contribution in [3.8, 4) is 0 Å². The van der Waals surface area contributed by atoms with Crippen LogP contribution in [0.3, 0.4) is 0 Å². The van der Waals surface area contributed by atoms with Gasteiger partial charge in [0.15, 0.2) is 10.4 Å². The molecule has 3 rings (SSSR count). The van der Waals surface area contributed by atoms with Crippen LogP contribution in [0.15, 0.2) is 21.2 Å². The van der Waals surface area contributed by atoms with Gasteiger partial charge < -0.3 is 9.73 Å². The molecule has 2 aliphatic carbocycles.